The normalized spacial score (nSPS) is 17.1. The molecule has 174 valence electrons. The van der Waals surface area contributed by atoms with Gasteiger partial charge in [-0.05, 0) is 56.2 Å². The van der Waals surface area contributed by atoms with E-state index in [9.17, 15) is 4.79 Å². The van der Waals surface area contributed by atoms with E-state index in [-0.39, 0.29) is 12.1 Å². The van der Waals surface area contributed by atoms with E-state index in [0.717, 1.165) is 39.7 Å². The van der Waals surface area contributed by atoms with Gasteiger partial charge in [0.2, 0.25) is 0 Å². The third kappa shape index (κ3) is 4.49. The van der Waals surface area contributed by atoms with Gasteiger partial charge in [-0.15, -0.1) is 0 Å². The SMILES string of the molecule is Cc1cccc(CNC(=O)N2CCN(C3=Nc4ccc(C)cc4Oc4ccccc43)CC2C)c1. The molecule has 0 aromatic heterocycles. The molecule has 0 bridgehead atoms. The Labute approximate surface area is 200 Å². The first-order valence-corrected chi connectivity index (χ1v) is 11.8. The summed E-state index contributed by atoms with van der Waals surface area (Å²) in [6.07, 6.45) is 0. The largest absolute Gasteiger partial charge is 0.454 e. The summed E-state index contributed by atoms with van der Waals surface area (Å²) < 4.78 is 6.26. The number of fused-ring (bicyclic) bond motifs is 2. The number of nitrogens with one attached hydrogen (secondary N) is 1. The van der Waals surface area contributed by atoms with Gasteiger partial charge in [0.25, 0.3) is 0 Å². The Kier molecular flexibility index (Phi) is 5.97. The molecular formula is C28H30N4O2. The van der Waals surface area contributed by atoms with Crippen LogP contribution >= 0.6 is 0 Å². The van der Waals surface area contributed by atoms with Gasteiger partial charge in [-0.1, -0.05) is 48.0 Å². The minimum atomic E-state index is -0.0268. The zero-order chi connectivity index (χ0) is 23.7. The maximum atomic E-state index is 12.9. The van der Waals surface area contributed by atoms with E-state index in [1.165, 1.54) is 5.56 Å². The van der Waals surface area contributed by atoms with Crippen molar-refractivity contribution in [2.75, 3.05) is 19.6 Å². The summed E-state index contributed by atoms with van der Waals surface area (Å²) in [6, 6.07) is 22.4. The average Bonchev–Trinajstić information content (AvgIpc) is 2.99. The van der Waals surface area contributed by atoms with E-state index in [0.29, 0.717) is 26.2 Å². The van der Waals surface area contributed by atoms with Gasteiger partial charge in [-0.25, -0.2) is 9.79 Å². The lowest BCUT2D eigenvalue weighted by Gasteiger charge is -2.41. The summed E-state index contributed by atoms with van der Waals surface area (Å²) in [7, 11) is 0. The first kappa shape index (κ1) is 22.0. The predicted molar refractivity (Wildman–Crippen MR) is 135 cm³/mol. The number of para-hydroxylation sites is 1. The monoisotopic (exact) mass is 454 g/mol. The quantitative estimate of drug-likeness (QED) is 0.564. The molecule has 5 rings (SSSR count). The maximum Gasteiger partial charge on any atom is 0.318 e. The number of aryl methyl sites for hydroxylation is 2. The number of ether oxygens (including phenoxy) is 1. The summed E-state index contributed by atoms with van der Waals surface area (Å²) >= 11 is 0. The van der Waals surface area contributed by atoms with Crippen molar-refractivity contribution in [3.8, 4) is 11.5 Å². The highest BCUT2D eigenvalue weighted by Crippen LogP contribution is 2.38. The van der Waals surface area contributed by atoms with E-state index in [2.05, 4.69) is 55.3 Å². The Morgan fingerprint density at radius 3 is 2.65 bits per heavy atom. The van der Waals surface area contributed by atoms with Gasteiger partial charge in [-0.2, -0.15) is 0 Å². The molecule has 6 heteroatoms. The number of amides is 2. The van der Waals surface area contributed by atoms with E-state index in [1.54, 1.807) is 0 Å². The number of rotatable bonds is 2. The minimum absolute atomic E-state index is 0.0268. The van der Waals surface area contributed by atoms with Crippen LogP contribution in [0.25, 0.3) is 0 Å². The highest BCUT2D eigenvalue weighted by molar-refractivity contribution is 6.03. The lowest BCUT2D eigenvalue weighted by Crippen LogP contribution is -2.57. The van der Waals surface area contributed by atoms with E-state index < -0.39 is 0 Å². The van der Waals surface area contributed by atoms with Crippen LogP contribution in [0, 0.1) is 13.8 Å². The Morgan fingerprint density at radius 2 is 1.82 bits per heavy atom. The van der Waals surface area contributed by atoms with Gasteiger partial charge in [-0.3, -0.25) is 0 Å². The zero-order valence-corrected chi connectivity index (χ0v) is 19.9. The number of urea groups is 1. The third-order valence-electron chi connectivity index (χ3n) is 6.40. The fraction of sp³-hybridized carbons (Fsp3) is 0.286. The first-order valence-electron chi connectivity index (χ1n) is 11.8. The molecule has 0 aliphatic carbocycles. The number of hydrogen-bond acceptors (Lipinski definition) is 4. The fourth-order valence-electron chi connectivity index (χ4n) is 4.62. The molecule has 1 unspecified atom stereocenters. The van der Waals surface area contributed by atoms with Crippen molar-refractivity contribution < 1.29 is 9.53 Å². The molecule has 1 fully saturated rings. The van der Waals surface area contributed by atoms with Crippen LogP contribution in [0.5, 0.6) is 11.5 Å². The molecule has 0 radical (unpaired) electrons. The van der Waals surface area contributed by atoms with Crippen LogP contribution < -0.4 is 10.1 Å². The number of amidine groups is 1. The molecule has 6 nitrogen and oxygen atoms in total. The summed E-state index contributed by atoms with van der Waals surface area (Å²) in [6.45, 7) is 8.77. The van der Waals surface area contributed by atoms with Gasteiger partial charge in [0, 0.05) is 32.2 Å². The molecule has 0 saturated carbocycles. The number of piperazine rings is 1. The average molecular weight is 455 g/mol. The van der Waals surface area contributed by atoms with Crippen LogP contribution in [0.1, 0.15) is 29.2 Å². The van der Waals surface area contributed by atoms with Crippen molar-refractivity contribution in [2.24, 2.45) is 4.99 Å². The summed E-state index contributed by atoms with van der Waals surface area (Å²) in [5.74, 6) is 2.46. The molecule has 1 saturated heterocycles. The Hall–Kier alpha value is -3.80. The van der Waals surface area contributed by atoms with Gasteiger partial charge >= 0.3 is 6.03 Å². The van der Waals surface area contributed by atoms with Crippen molar-refractivity contribution in [2.45, 2.75) is 33.4 Å². The molecule has 1 atom stereocenters. The topological polar surface area (TPSA) is 57.2 Å². The van der Waals surface area contributed by atoms with Crippen molar-refractivity contribution in [3.05, 3.63) is 89.0 Å². The summed E-state index contributed by atoms with van der Waals surface area (Å²) in [5, 5.41) is 3.08. The smallest absolute Gasteiger partial charge is 0.318 e. The second kappa shape index (κ2) is 9.21. The Balaban J connectivity index is 1.33. The lowest BCUT2D eigenvalue weighted by molar-refractivity contribution is 0.134. The van der Waals surface area contributed by atoms with Crippen molar-refractivity contribution in [1.29, 1.82) is 0 Å². The molecule has 2 aliphatic rings. The molecule has 2 amide bonds. The second-order valence-corrected chi connectivity index (χ2v) is 9.14. The zero-order valence-electron chi connectivity index (χ0n) is 19.9. The van der Waals surface area contributed by atoms with Crippen LogP contribution in [-0.4, -0.2) is 47.3 Å². The molecule has 34 heavy (non-hydrogen) atoms. The number of aliphatic imine (C=N–C) groups is 1. The number of carbonyl (C=O) groups excluding carboxylic acids is 1. The number of carbonyl (C=O) groups is 1. The van der Waals surface area contributed by atoms with Crippen molar-refractivity contribution in [1.82, 2.24) is 15.1 Å². The summed E-state index contributed by atoms with van der Waals surface area (Å²) in [4.78, 5) is 22.2. The minimum Gasteiger partial charge on any atom is -0.454 e. The number of benzene rings is 3. The Bertz CT molecular complexity index is 1250. The highest BCUT2D eigenvalue weighted by atomic mass is 16.5. The number of hydrogen-bond donors (Lipinski definition) is 1. The van der Waals surface area contributed by atoms with Gasteiger partial charge in [0.15, 0.2) is 5.75 Å². The van der Waals surface area contributed by atoms with E-state index in [4.69, 9.17) is 9.73 Å². The first-order chi connectivity index (χ1) is 16.5. The Morgan fingerprint density at radius 1 is 1.00 bits per heavy atom. The maximum absolute atomic E-state index is 12.9. The molecular weight excluding hydrogens is 424 g/mol. The molecule has 3 aromatic rings. The highest BCUT2D eigenvalue weighted by Gasteiger charge is 2.31. The second-order valence-electron chi connectivity index (χ2n) is 9.14. The van der Waals surface area contributed by atoms with Crippen LogP contribution in [0.15, 0.2) is 71.7 Å². The van der Waals surface area contributed by atoms with Crippen molar-refractivity contribution in [3.63, 3.8) is 0 Å². The molecule has 2 heterocycles. The van der Waals surface area contributed by atoms with Crippen molar-refractivity contribution >= 4 is 17.6 Å². The number of nitrogens with zero attached hydrogens (tertiary/aromatic N) is 3. The fourth-order valence-corrected chi connectivity index (χ4v) is 4.62. The molecule has 1 N–H and O–H groups in total. The standard InChI is InChI=1S/C28H30N4O2/c1-19-7-6-8-22(15-19)17-29-28(33)32-14-13-31(18-21(32)3)27-23-9-4-5-10-25(23)34-26-16-20(2)11-12-24(26)30-27/h4-12,15-16,21H,13-14,17-18H2,1-3H3,(H,29,33). The van der Waals surface area contributed by atoms with Gasteiger partial charge < -0.3 is 19.9 Å². The van der Waals surface area contributed by atoms with E-state index >= 15 is 0 Å². The van der Waals surface area contributed by atoms with E-state index in [1.807, 2.05) is 47.4 Å². The third-order valence-corrected chi connectivity index (χ3v) is 6.40. The van der Waals surface area contributed by atoms with Crippen LogP contribution in [-0.2, 0) is 6.54 Å². The van der Waals surface area contributed by atoms with Crippen LogP contribution in [0.3, 0.4) is 0 Å². The van der Waals surface area contributed by atoms with Gasteiger partial charge in [0.1, 0.15) is 17.3 Å². The summed E-state index contributed by atoms with van der Waals surface area (Å²) in [5.41, 5.74) is 5.23. The molecule has 2 aliphatic heterocycles. The van der Waals surface area contributed by atoms with Crippen LogP contribution in [0.2, 0.25) is 0 Å². The predicted octanol–water partition coefficient (Wildman–Crippen LogP) is 5.40. The molecule has 0 spiro atoms. The van der Waals surface area contributed by atoms with Crippen LogP contribution in [0.4, 0.5) is 10.5 Å². The lowest BCUT2D eigenvalue weighted by atomic mass is 10.1. The van der Waals surface area contributed by atoms with Gasteiger partial charge in [0.05, 0.1) is 5.56 Å². The molecule has 3 aromatic carbocycles.